The number of aryl methyl sites for hydroxylation is 1. The van der Waals surface area contributed by atoms with Crippen LogP contribution in [0.5, 0.6) is 0 Å². The van der Waals surface area contributed by atoms with Crippen LogP contribution in [-0.4, -0.2) is 0 Å². The summed E-state index contributed by atoms with van der Waals surface area (Å²) in [4.78, 5) is 0. The van der Waals surface area contributed by atoms with Gasteiger partial charge in [0.15, 0.2) is 0 Å². The highest BCUT2D eigenvalue weighted by Gasteiger charge is 2.16. The topological polar surface area (TPSA) is 24.1 Å². The summed E-state index contributed by atoms with van der Waals surface area (Å²) in [5, 5.41) is 6.77. The first kappa shape index (κ1) is 11.1. The van der Waals surface area contributed by atoms with Crippen molar-refractivity contribution in [2.24, 2.45) is 0 Å². The molecule has 0 aromatic heterocycles. The van der Waals surface area contributed by atoms with Crippen molar-refractivity contribution in [1.82, 2.24) is 0 Å². The van der Waals surface area contributed by atoms with E-state index in [0.717, 1.165) is 22.6 Å². The molecule has 0 saturated heterocycles. The monoisotopic (exact) mass is 242 g/mol. The predicted molar refractivity (Wildman–Crippen MR) is 72.9 cm³/mol. The van der Waals surface area contributed by atoms with Crippen molar-refractivity contribution in [2.75, 3.05) is 10.6 Å². The maximum Gasteiger partial charge on any atom is 0.126 e. The molecule has 0 radical (unpaired) electrons. The molecular weight excluding hydrogens is 227 g/mol. The average Bonchev–Trinajstić information content (AvgIpc) is 2.55. The Balaban J connectivity index is 2.16. The molecule has 2 aromatic carbocycles. The summed E-state index contributed by atoms with van der Waals surface area (Å²) in [6.45, 7) is 4.53. The Morgan fingerprint density at radius 3 is 2.72 bits per heavy atom. The van der Waals surface area contributed by atoms with Gasteiger partial charge < -0.3 is 10.6 Å². The molecule has 3 rings (SSSR count). The summed E-state index contributed by atoms with van der Waals surface area (Å²) in [6, 6.07) is 9.44. The molecule has 1 aliphatic rings. The maximum absolute atomic E-state index is 13.6. The second-order valence-corrected chi connectivity index (χ2v) is 4.67. The van der Waals surface area contributed by atoms with E-state index in [1.54, 1.807) is 6.07 Å². The zero-order valence-electron chi connectivity index (χ0n) is 10.5. The van der Waals surface area contributed by atoms with Gasteiger partial charge in [0.2, 0.25) is 0 Å². The smallest absolute Gasteiger partial charge is 0.126 e. The lowest BCUT2D eigenvalue weighted by atomic mass is 10.1. The van der Waals surface area contributed by atoms with Gasteiger partial charge in [0.05, 0.1) is 11.4 Å². The normalized spacial score (nSPS) is 12.8. The number of rotatable bonds is 0. The van der Waals surface area contributed by atoms with Gasteiger partial charge in [-0.2, -0.15) is 0 Å². The van der Waals surface area contributed by atoms with Crippen molar-refractivity contribution < 1.29 is 4.39 Å². The van der Waals surface area contributed by atoms with Crippen molar-refractivity contribution in [3.8, 4) is 0 Å². The summed E-state index contributed by atoms with van der Waals surface area (Å²) >= 11 is 0. The zero-order valence-corrected chi connectivity index (χ0v) is 10.5. The minimum atomic E-state index is -0.153. The van der Waals surface area contributed by atoms with Crippen LogP contribution in [0.2, 0.25) is 0 Å². The van der Waals surface area contributed by atoms with E-state index in [1.165, 1.54) is 11.6 Å². The van der Waals surface area contributed by atoms with Gasteiger partial charge >= 0.3 is 0 Å². The van der Waals surface area contributed by atoms with Gasteiger partial charge in [0, 0.05) is 17.8 Å². The number of anilines is 3. The lowest BCUT2D eigenvalue weighted by molar-refractivity contribution is 0.616. The molecule has 0 amide bonds. The molecule has 1 heterocycles. The summed E-state index contributed by atoms with van der Waals surface area (Å²) in [5.41, 5.74) is 5.99. The Bertz CT molecular complexity index is 620. The largest absolute Gasteiger partial charge is 0.379 e. The Morgan fingerprint density at radius 2 is 1.89 bits per heavy atom. The Morgan fingerprint density at radius 1 is 1.06 bits per heavy atom. The van der Waals surface area contributed by atoms with Gasteiger partial charge in [0.1, 0.15) is 5.82 Å². The van der Waals surface area contributed by atoms with Crippen LogP contribution >= 0.6 is 0 Å². The van der Waals surface area contributed by atoms with Crippen LogP contribution in [0.15, 0.2) is 30.3 Å². The summed E-state index contributed by atoms with van der Waals surface area (Å²) in [7, 11) is 0. The SMILES string of the molecule is Cc1cccc2c1Nc1ccc(F)c(C)c1CN2. The first-order valence-corrected chi connectivity index (χ1v) is 6.05. The third kappa shape index (κ3) is 1.63. The van der Waals surface area contributed by atoms with Crippen molar-refractivity contribution in [3.63, 3.8) is 0 Å². The minimum absolute atomic E-state index is 0.153. The number of nitrogens with one attached hydrogen (secondary N) is 2. The number of hydrogen-bond donors (Lipinski definition) is 2. The van der Waals surface area contributed by atoms with Crippen molar-refractivity contribution in [1.29, 1.82) is 0 Å². The number of para-hydroxylation sites is 1. The molecule has 2 N–H and O–H groups in total. The van der Waals surface area contributed by atoms with E-state index < -0.39 is 0 Å². The first-order valence-electron chi connectivity index (χ1n) is 6.05. The van der Waals surface area contributed by atoms with Crippen molar-refractivity contribution in [3.05, 3.63) is 52.8 Å². The fraction of sp³-hybridized carbons (Fsp3) is 0.200. The van der Waals surface area contributed by atoms with E-state index in [9.17, 15) is 4.39 Å². The third-order valence-corrected chi connectivity index (χ3v) is 3.52. The first-order chi connectivity index (χ1) is 8.66. The molecule has 1 aliphatic heterocycles. The molecule has 0 unspecified atom stereocenters. The van der Waals surface area contributed by atoms with Gasteiger partial charge in [-0.1, -0.05) is 12.1 Å². The Hall–Kier alpha value is -2.03. The highest BCUT2D eigenvalue weighted by Crippen LogP contribution is 2.35. The minimum Gasteiger partial charge on any atom is -0.379 e. The van der Waals surface area contributed by atoms with Gasteiger partial charge in [-0.3, -0.25) is 0 Å². The maximum atomic E-state index is 13.6. The summed E-state index contributed by atoms with van der Waals surface area (Å²) < 4.78 is 13.6. The van der Waals surface area contributed by atoms with E-state index in [1.807, 2.05) is 19.1 Å². The van der Waals surface area contributed by atoms with Crippen LogP contribution in [0.3, 0.4) is 0 Å². The standard InChI is InChI=1S/C15H15FN2/c1-9-4-3-5-14-15(9)18-13-7-6-12(16)10(2)11(13)8-17-14/h3-7,17-18H,8H2,1-2H3. The number of benzene rings is 2. The van der Waals surface area contributed by atoms with Crippen LogP contribution in [0.25, 0.3) is 0 Å². The van der Waals surface area contributed by atoms with Crippen LogP contribution in [0, 0.1) is 19.7 Å². The van der Waals surface area contributed by atoms with E-state index in [4.69, 9.17) is 0 Å². The molecule has 3 heteroatoms. The van der Waals surface area contributed by atoms with Crippen LogP contribution in [0.1, 0.15) is 16.7 Å². The Labute approximate surface area is 106 Å². The number of fused-ring (bicyclic) bond motifs is 2. The second-order valence-electron chi connectivity index (χ2n) is 4.67. The molecular formula is C15H15FN2. The van der Waals surface area contributed by atoms with Crippen LogP contribution < -0.4 is 10.6 Å². The van der Waals surface area contributed by atoms with Gasteiger partial charge in [-0.15, -0.1) is 0 Å². The molecule has 2 aromatic rings. The Kier molecular flexibility index (Phi) is 2.47. The highest BCUT2D eigenvalue weighted by molar-refractivity contribution is 5.81. The molecule has 0 bridgehead atoms. The zero-order chi connectivity index (χ0) is 12.7. The quantitative estimate of drug-likeness (QED) is 0.726. The summed E-state index contributed by atoms with van der Waals surface area (Å²) in [6.07, 6.45) is 0. The average molecular weight is 242 g/mol. The molecule has 0 saturated carbocycles. The van der Waals surface area contributed by atoms with Crippen molar-refractivity contribution >= 4 is 17.1 Å². The molecule has 0 aliphatic carbocycles. The van der Waals surface area contributed by atoms with E-state index in [0.29, 0.717) is 12.1 Å². The number of hydrogen-bond acceptors (Lipinski definition) is 2. The second kappa shape index (κ2) is 4.02. The van der Waals surface area contributed by atoms with E-state index in [2.05, 4.69) is 23.6 Å². The lowest BCUT2D eigenvalue weighted by Crippen LogP contribution is -2.01. The van der Waals surface area contributed by atoms with E-state index >= 15 is 0 Å². The van der Waals surface area contributed by atoms with E-state index in [-0.39, 0.29) is 5.82 Å². The van der Waals surface area contributed by atoms with Gasteiger partial charge in [-0.25, -0.2) is 4.39 Å². The molecule has 0 atom stereocenters. The van der Waals surface area contributed by atoms with Crippen LogP contribution in [-0.2, 0) is 6.54 Å². The molecule has 18 heavy (non-hydrogen) atoms. The van der Waals surface area contributed by atoms with Crippen molar-refractivity contribution in [2.45, 2.75) is 20.4 Å². The fourth-order valence-corrected chi connectivity index (χ4v) is 2.37. The molecule has 0 spiro atoms. The fourth-order valence-electron chi connectivity index (χ4n) is 2.37. The highest BCUT2D eigenvalue weighted by atomic mass is 19.1. The number of halogens is 1. The third-order valence-electron chi connectivity index (χ3n) is 3.52. The molecule has 92 valence electrons. The lowest BCUT2D eigenvalue weighted by Gasteiger charge is -2.12. The van der Waals surface area contributed by atoms with Gasteiger partial charge in [-0.05, 0) is 43.2 Å². The van der Waals surface area contributed by atoms with Crippen LogP contribution in [0.4, 0.5) is 21.5 Å². The summed E-state index contributed by atoms with van der Waals surface area (Å²) in [5.74, 6) is -0.153. The molecule has 0 fully saturated rings. The van der Waals surface area contributed by atoms with Gasteiger partial charge in [0.25, 0.3) is 0 Å². The predicted octanol–water partition coefficient (Wildman–Crippen LogP) is 4.11. The molecule has 2 nitrogen and oxygen atoms in total.